The van der Waals surface area contributed by atoms with Crippen LogP contribution >= 0.6 is 24.8 Å². The van der Waals surface area contributed by atoms with E-state index in [1.165, 1.54) is 0 Å². The number of nitrogens with zero attached hydrogens (tertiary/aromatic N) is 1. The molecule has 2 aromatic carbocycles. The fourth-order valence-corrected chi connectivity index (χ4v) is 3.20. The molecule has 31 heavy (non-hydrogen) atoms. The van der Waals surface area contributed by atoms with Crippen molar-refractivity contribution >= 4 is 36.4 Å². The molecule has 0 bridgehead atoms. The van der Waals surface area contributed by atoms with Crippen LogP contribution in [0.2, 0.25) is 0 Å². The summed E-state index contributed by atoms with van der Waals surface area (Å²) in [6.45, 7) is 8.01. The normalized spacial score (nSPS) is 9.90. The Bertz CT molecular complexity index is 959. The second-order valence-electron chi connectivity index (χ2n) is 6.98. The van der Waals surface area contributed by atoms with Gasteiger partial charge in [0, 0.05) is 35.8 Å². The van der Waals surface area contributed by atoms with E-state index in [1.807, 2.05) is 62.4 Å². The minimum Gasteiger partial charge on any atom is -0.488 e. The lowest BCUT2D eigenvalue weighted by Crippen LogP contribution is -2.17. The second kappa shape index (κ2) is 13.0. The minimum absolute atomic E-state index is 0. The van der Waals surface area contributed by atoms with Gasteiger partial charge in [-0.1, -0.05) is 31.2 Å². The highest BCUT2D eigenvalue weighted by Gasteiger charge is 2.13. The molecule has 2 N–H and O–H groups in total. The van der Waals surface area contributed by atoms with Gasteiger partial charge >= 0.3 is 0 Å². The van der Waals surface area contributed by atoms with E-state index in [9.17, 15) is 4.79 Å². The van der Waals surface area contributed by atoms with E-state index in [2.05, 4.69) is 22.5 Å². The number of aryl methyl sites for hydroxylation is 2. The summed E-state index contributed by atoms with van der Waals surface area (Å²) in [5.41, 5.74) is 5.37. The molecule has 0 unspecified atom stereocenters. The zero-order valence-corrected chi connectivity index (χ0v) is 19.6. The molecule has 0 atom stereocenters. The number of rotatable bonds is 8. The molecule has 1 amide bonds. The molecule has 3 rings (SSSR count). The van der Waals surface area contributed by atoms with Crippen LogP contribution in [0.4, 0.5) is 5.69 Å². The first kappa shape index (κ1) is 26.4. The van der Waals surface area contributed by atoms with E-state index in [0.29, 0.717) is 18.7 Å². The highest BCUT2D eigenvalue weighted by atomic mass is 35.5. The van der Waals surface area contributed by atoms with Crippen molar-refractivity contribution in [3.05, 3.63) is 88.7 Å². The summed E-state index contributed by atoms with van der Waals surface area (Å²) in [5, 5.41) is 6.34. The predicted octanol–water partition coefficient (Wildman–Crippen LogP) is 5.48. The maximum Gasteiger partial charge on any atom is 0.255 e. The van der Waals surface area contributed by atoms with Gasteiger partial charge in [0.2, 0.25) is 0 Å². The van der Waals surface area contributed by atoms with Gasteiger partial charge in [0.15, 0.2) is 0 Å². The largest absolute Gasteiger partial charge is 0.488 e. The summed E-state index contributed by atoms with van der Waals surface area (Å²) in [5.74, 6) is 0.678. The number of nitrogens with one attached hydrogen (secondary N) is 2. The molecule has 0 saturated carbocycles. The lowest BCUT2D eigenvalue weighted by atomic mass is 10.0. The molecular formula is C24H29Cl2N3O2. The topological polar surface area (TPSA) is 63.2 Å². The summed E-state index contributed by atoms with van der Waals surface area (Å²) in [7, 11) is 0. The number of pyridine rings is 1. The van der Waals surface area contributed by atoms with Crippen LogP contribution in [0.15, 0.2) is 60.9 Å². The molecule has 0 aliphatic carbocycles. The first-order chi connectivity index (χ1) is 14.1. The Morgan fingerprint density at radius 1 is 1.03 bits per heavy atom. The van der Waals surface area contributed by atoms with Crippen molar-refractivity contribution in [1.29, 1.82) is 0 Å². The van der Waals surface area contributed by atoms with Gasteiger partial charge in [-0.05, 0) is 61.3 Å². The van der Waals surface area contributed by atoms with Gasteiger partial charge < -0.3 is 15.4 Å². The number of carbonyl (C=O) groups is 1. The Labute approximate surface area is 196 Å². The van der Waals surface area contributed by atoms with Crippen molar-refractivity contribution in [3.8, 4) is 5.75 Å². The van der Waals surface area contributed by atoms with Crippen LogP contribution in [-0.2, 0) is 13.2 Å². The molecule has 0 aliphatic rings. The number of benzene rings is 2. The van der Waals surface area contributed by atoms with Crippen LogP contribution in [0.25, 0.3) is 0 Å². The average molecular weight is 462 g/mol. The molecule has 0 spiro atoms. The van der Waals surface area contributed by atoms with Gasteiger partial charge in [0.1, 0.15) is 12.4 Å². The summed E-state index contributed by atoms with van der Waals surface area (Å²) in [6, 6.07) is 15.5. The third-order valence-electron chi connectivity index (χ3n) is 4.66. The number of amides is 1. The highest BCUT2D eigenvalue weighted by molar-refractivity contribution is 6.05. The van der Waals surface area contributed by atoms with Crippen LogP contribution in [0.5, 0.6) is 5.75 Å². The predicted molar refractivity (Wildman–Crippen MR) is 131 cm³/mol. The monoisotopic (exact) mass is 461 g/mol. The molecule has 166 valence electrons. The van der Waals surface area contributed by atoms with Gasteiger partial charge in [-0.2, -0.15) is 0 Å². The van der Waals surface area contributed by atoms with E-state index in [-0.39, 0.29) is 30.7 Å². The van der Waals surface area contributed by atoms with E-state index < -0.39 is 0 Å². The number of ether oxygens (including phenoxy) is 1. The molecule has 0 radical (unpaired) electrons. The Morgan fingerprint density at radius 3 is 2.39 bits per heavy atom. The van der Waals surface area contributed by atoms with Crippen molar-refractivity contribution in [2.45, 2.75) is 33.9 Å². The fraction of sp³-hybridized carbons (Fsp3) is 0.250. The minimum atomic E-state index is -0.126. The van der Waals surface area contributed by atoms with Gasteiger partial charge in [0.25, 0.3) is 5.91 Å². The number of carbonyl (C=O) groups excluding carboxylic acids is 1. The Hall–Kier alpha value is -2.60. The number of anilines is 1. The SMILES string of the molecule is CCNCc1ccccc1NC(=O)c1cc(C)c(OCc2cccnc2)c(C)c1.Cl.Cl. The third-order valence-corrected chi connectivity index (χ3v) is 4.66. The number of halogens is 2. The van der Waals surface area contributed by atoms with Gasteiger partial charge in [0.05, 0.1) is 0 Å². The summed E-state index contributed by atoms with van der Waals surface area (Å²) in [4.78, 5) is 17.0. The molecule has 7 heteroatoms. The van der Waals surface area contributed by atoms with Crippen molar-refractivity contribution in [1.82, 2.24) is 10.3 Å². The van der Waals surface area contributed by atoms with Gasteiger partial charge in [-0.25, -0.2) is 0 Å². The average Bonchev–Trinajstić information content (AvgIpc) is 2.73. The van der Waals surface area contributed by atoms with Crippen molar-refractivity contribution in [2.75, 3.05) is 11.9 Å². The van der Waals surface area contributed by atoms with Crippen LogP contribution in [0.1, 0.15) is 39.5 Å². The molecule has 1 aromatic heterocycles. The van der Waals surface area contributed by atoms with E-state index >= 15 is 0 Å². The highest BCUT2D eigenvalue weighted by Crippen LogP contribution is 2.26. The van der Waals surface area contributed by atoms with Crippen molar-refractivity contribution in [2.24, 2.45) is 0 Å². The maximum absolute atomic E-state index is 12.9. The zero-order valence-electron chi connectivity index (χ0n) is 18.0. The molecule has 5 nitrogen and oxygen atoms in total. The molecule has 0 fully saturated rings. The third kappa shape index (κ3) is 7.24. The Kier molecular flexibility index (Phi) is 11.0. The fourth-order valence-electron chi connectivity index (χ4n) is 3.20. The van der Waals surface area contributed by atoms with Gasteiger partial charge in [-0.15, -0.1) is 24.8 Å². The van der Waals surface area contributed by atoms with Crippen molar-refractivity contribution in [3.63, 3.8) is 0 Å². The molecule has 1 heterocycles. The number of para-hydroxylation sites is 1. The number of hydrogen-bond acceptors (Lipinski definition) is 4. The Balaban J connectivity index is 0.00000240. The molecular weight excluding hydrogens is 433 g/mol. The molecule has 0 aliphatic heterocycles. The number of hydrogen-bond donors (Lipinski definition) is 2. The Morgan fingerprint density at radius 2 is 1.74 bits per heavy atom. The van der Waals surface area contributed by atoms with Crippen LogP contribution in [0.3, 0.4) is 0 Å². The van der Waals surface area contributed by atoms with Gasteiger partial charge in [-0.3, -0.25) is 9.78 Å². The second-order valence-corrected chi connectivity index (χ2v) is 6.98. The summed E-state index contributed by atoms with van der Waals surface area (Å²) in [6.07, 6.45) is 3.53. The first-order valence-corrected chi connectivity index (χ1v) is 9.81. The quantitative estimate of drug-likeness (QED) is 0.465. The van der Waals surface area contributed by atoms with Crippen LogP contribution in [-0.4, -0.2) is 17.4 Å². The standard InChI is InChI=1S/C24H27N3O2.2ClH/c1-4-25-15-20-9-5-6-10-22(20)27-24(28)21-12-17(2)23(18(3)13-21)29-16-19-8-7-11-26-14-19;;/h5-14,25H,4,15-16H2,1-3H3,(H,27,28);2*1H. The van der Waals surface area contributed by atoms with E-state index in [0.717, 1.165) is 40.2 Å². The van der Waals surface area contributed by atoms with E-state index in [4.69, 9.17) is 4.74 Å². The van der Waals surface area contributed by atoms with E-state index in [1.54, 1.807) is 12.4 Å². The van der Waals surface area contributed by atoms with Crippen molar-refractivity contribution < 1.29 is 9.53 Å². The first-order valence-electron chi connectivity index (χ1n) is 9.81. The lowest BCUT2D eigenvalue weighted by Gasteiger charge is -2.15. The number of aromatic nitrogens is 1. The van der Waals surface area contributed by atoms with Crippen LogP contribution in [0, 0.1) is 13.8 Å². The van der Waals surface area contributed by atoms with Crippen LogP contribution < -0.4 is 15.4 Å². The molecule has 0 saturated heterocycles. The lowest BCUT2D eigenvalue weighted by molar-refractivity contribution is 0.102. The summed E-state index contributed by atoms with van der Waals surface area (Å²) < 4.78 is 5.99. The zero-order chi connectivity index (χ0) is 20.6. The smallest absolute Gasteiger partial charge is 0.255 e. The maximum atomic E-state index is 12.9. The molecule has 3 aromatic rings. The summed E-state index contributed by atoms with van der Waals surface area (Å²) >= 11 is 0.